The van der Waals surface area contributed by atoms with Crippen molar-refractivity contribution in [2.75, 3.05) is 11.7 Å². The van der Waals surface area contributed by atoms with Crippen LogP contribution in [0.15, 0.2) is 42.0 Å². The topological polar surface area (TPSA) is 74.6 Å². The van der Waals surface area contributed by atoms with Crippen molar-refractivity contribution < 1.29 is 22.8 Å². The third kappa shape index (κ3) is 2.84. The second-order valence-electron chi connectivity index (χ2n) is 4.43. The zero-order chi connectivity index (χ0) is 15.7. The van der Waals surface area contributed by atoms with E-state index in [1.54, 1.807) is 6.08 Å². The van der Waals surface area contributed by atoms with Crippen molar-refractivity contribution in [2.45, 2.75) is 12.5 Å². The normalized spacial score (nSPS) is 20.4. The Kier molecular flexibility index (Phi) is 3.64. The number of amidine groups is 1. The first kappa shape index (κ1) is 14.6. The van der Waals surface area contributed by atoms with Crippen LogP contribution in [0.2, 0.25) is 0 Å². The van der Waals surface area contributed by atoms with Gasteiger partial charge in [0.15, 0.2) is 0 Å². The number of para-hydroxylation sites is 1. The van der Waals surface area contributed by atoms with Crippen LogP contribution in [0.5, 0.6) is 0 Å². The molecule has 2 aliphatic rings. The van der Waals surface area contributed by atoms with E-state index in [2.05, 4.69) is 22.7 Å². The van der Waals surface area contributed by atoms with Gasteiger partial charge in [0.2, 0.25) is 6.35 Å². The summed E-state index contributed by atoms with van der Waals surface area (Å²) in [5.41, 5.74) is 3.91. The zero-order valence-electron chi connectivity index (χ0n) is 11.2. The predicted molar refractivity (Wildman–Crippen MR) is 70.5 cm³/mol. The average molecular weight is 315 g/mol. The number of hydrogen-bond acceptors (Lipinski definition) is 7. The molecule has 1 unspecified atom stereocenters. The number of benzene rings is 1. The molecule has 2 heterocycles. The molecule has 0 saturated carbocycles. The Labute approximate surface area is 123 Å². The standard InChI is InChI=1S/C12H12F3N5O2/c1-2-7-19(11-17-21-11)10-16-20(18-22-10)9-6-4-3-5-8(9)12(13,14)15/h2-6,11,17-18H,1,7H2. The number of hydrogen-bond donors (Lipinski definition) is 2. The van der Waals surface area contributed by atoms with E-state index in [1.165, 1.54) is 23.1 Å². The molecule has 0 spiro atoms. The first-order valence-electron chi connectivity index (χ1n) is 6.27. The van der Waals surface area contributed by atoms with E-state index in [9.17, 15) is 13.2 Å². The van der Waals surface area contributed by atoms with E-state index >= 15 is 0 Å². The Hall–Kier alpha value is -2.30. The monoisotopic (exact) mass is 315 g/mol. The molecule has 1 aromatic carbocycles. The van der Waals surface area contributed by atoms with Crippen LogP contribution in [-0.4, -0.2) is 23.8 Å². The van der Waals surface area contributed by atoms with Gasteiger partial charge in [-0.25, -0.2) is 0 Å². The van der Waals surface area contributed by atoms with Crippen LogP contribution >= 0.6 is 0 Å². The van der Waals surface area contributed by atoms with Gasteiger partial charge in [0.1, 0.15) is 0 Å². The average Bonchev–Trinajstić information content (AvgIpc) is 3.20. The minimum Gasteiger partial charge on any atom is -0.347 e. The Morgan fingerprint density at radius 2 is 2.14 bits per heavy atom. The molecule has 118 valence electrons. The Morgan fingerprint density at radius 3 is 2.77 bits per heavy atom. The molecule has 1 fully saturated rings. The zero-order valence-corrected chi connectivity index (χ0v) is 11.2. The third-order valence-corrected chi connectivity index (χ3v) is 2.92. The fourth-order valence-corrected chi connectivity index (χ4v) is 1.90. The summed E-state index contributed by atoms with van der Waals surface area (Å²) < 4.78 is 39.1. The van der Waals surface area contributed by atoms with Gasteiger partial charge in [-0.05, 0) is 17.7 Å². The first-order chi connectivity index (χ1) is 10.5. The van der Waals surface area contributed by atoms with Gasteiger partial charge in [-0.1, -0.05) is 23.3 Å². The summed E-state index contributed by atoms with van der Waals surface area (Å²) in [6.45, 7) is 3.93. The largest absolute Gasteiger partial charge is 0.418 e. The number of nitrogens with one attached hydrogen (secondary N) is 2. The minimum atomic E-state index is -4.50. The van der Waals surface area contributed by atoms with Crippen molar-refractivity contribution in [3.63, 3.8) is 0 Å². The molecule has 3 rings (SSSR count). The maximum absolute atomic E-state index is 13.0. The van der Waals surface area contributed by atoms with Gasteiger partial charge in [-0.2, -0.15) is 18.3 Å². The summed E-state index contributed by atoms with van der Waals surface area (Å²) in [6, 6.07) is 5.10. The summed E-state index contributed by atoms with van der Waals surface area (Å²) in [7, 11) is 0. The van der Waals surface area contributed by atoms with E-state index in [-0.39, 0.29) is 11.7 Å². The number of alkyl halides is 3. The smallest absolute Gasteiger partial charge is 0.347 e. The number of anilines is 1. The SMILES string of the molecule is C=CCN(C1=NN(c2ccccc2C(F)(F)F)NO1)C1NO1. The minimum absolute atomic E-state index is 0.0619. The first-order valence-corrected chi connectivity index (χ1v) is 6.27. The van der Waals surface area contributed by atoms with Crippen molar-refractivity contribution in [3.8, 4) is 0 Å². The lowest BCUT2D eigenvalue weighted by Gasteiger charge is -2.17. The summed E-state index contributed by atoms with van der Waals surface area (Å²) >= 11 is 0. The number of rotatable bonds is 4. The van der Waals surface area contributed by atoms with Gasteiger partial charge >= 0.3 is 12.2 Å². The summed E-state index contributed by atoms with van der Waals surface area (Å²) in [4.78, 5) is 11.6. The highest BCUT2D eigenvalue weighted by Gasteiger charge is 2.39. The van der Waals surface area contributed by atoms with Crippen LogP contribution in [0, 0.1) is 0 Å². The van der Waals surface area contributed by atoms with Gasteiger partial charge in [0.25, 0.3) is 0 Å². The summed E-state index contributed by atoms with van der Waals surface area (Å²) in [6.07, 6.45) is -3.36. The number of nitrogens with zero attached hydrogens (tertiary/aromatic N) is 3. The number of hydrazine groups is 1. The van der Waals surface area contributed by atoms with E-state index in [0.717, 1.165) is 11.2 Å². The van der Waals surface area contributed by atoms with Gasteiger partial charge in [-0.15, -0.1) is 12.1 Å². The van der Waals surface area contributed by atoms with Crippen molar-refractivity contribution in [1.82, 2.24) is 16.0 Å². The van der Waals surface area contributed by atoms with Gasteiger partial charge in [0.05, 0.1) is 11.3 Å². The maximum Gasteiger partial charge on any atom is 0.418 e. The number of halogens is 3. The molecule has 0 amide bonds. The van der Waals surface area contributed by atoms with Gasteiger partial charge in [0, 0.05) is 6.54 Å². The van der Waals surface area contributed by atoms with E-state index in [4.69, 9.17) is 9.68 Å². The van der Waals surface area contributed by atoms with Crippen LogP contribution in [0.4, 0.5) is 18.9 Å². The number of hydroxylamine groups is 1. The van der Waals surface area contributed by atoms with Gasteiger partial charge < -0.3 is 4.84 Å². The highest BCUT2D eigenvalue weighted by Crippen LogP contribution is 2.36. The fourth-order valence-electron chi connectivity index (χ4n) is 1.90. The van der Waals surface area contributed by atoms with Crippen LogP contribution in [0.25, 0.3) is 0 Å². The molecule has 22 heavy (non-hydrogen) atoms. The predicted octanol–water partition coefficient (Wildman–Crippen LogP) is 1.54. The van der Waals surface area contributed by atoms with Crippen molar-refractivity contribution in [2.24, 2.45) is 5.10 Å². The van der Waals surface area contributed by atoms with E-state index < -0.39 is 18.1 Å². The molecular weight excluding hydrogens is 303 g/mol. The number of hydrazone groups is 1. The summed E-state index contributed by atoms with van der Waals surface area (Å²) in [5, 5.41) is 4.90. The Bertz CT molecular complexity index is 603. The van der Waals surface area contributed by atoms with E-state index in [0.29, 0.717) is 6.54 Å². The molecule has 2 aliphatic heterocycles. The Morgan fingerprint density at radius 1 is 1.41 bits per heavy atom. The van der Waals surface area contributed by atoms with Crippen molar-refractivity contribution in [1.29, 1.82) is 0 Å². The lowest BCUT2D eigenvalue weighted by molar-refractivity contribution is -0.137. The van der Waals surface area contributed by atoms with Gasteiger partial charge in [-0.3, -0.25) is 9.74 Å². The van der Waals surface area contributed by atoms with Crippen LogP contribution < -0.4 is 16.2 Å². The molecule has 2 N–H and O–H groups in total. The molecule has 0 aromatic heterocycles. The lowest BCUT2D eigenvalue weighted by atomic mass is 10.2. The molecule has 0 aliphatic carbocycles. The molecule has 1 aromatic rings. The molecule has 7 nitrogen and oxygen atoms in total. The van der Waals surface area contributed by atoms with Crippen LogP contribution in [0.1, 0.15) is 5.56 Å². The quantitative estimate of drug-likeness (QED) is 0.648. The molecule has 0 bridgehead atoms. The molecule has 0 radical (unpaired) electrons. The van der Waals surface area contributed by atoms with Crippen LogP contribution in [-0.2, 0) is 15.9 Å². The summed E-state index contributed by atoms with van der Waals surface area (Å²) in [5.74, 6) is 0. The Balaban J connectivity index is 1.87. The van der Waals surface area contributed by atoms with Crippen LogP contribution in [0.3, 0.4) is 0 Å². The molecule has 1 saturated heterocycles. The highest BCUT2D eigenvalue weighted by molar-refractivity contribution is 5.77. The second kappa shape index (κ2) is 5.48. The van der Waals surface area contributed by atoms with Crippen molar-refractivity contribution >= 4 is 11.7 Å². The molecule has 1 atom stereocenters. The van der Waals surface area contributed by atoms with Crippen molar-refractivity contribution in [3.05, 3.63) is 42.5 Å². The third-order valence-electron chi connectivity index (χ3n) is 2.92. The molecule has 10 heteroatoms. The molecular formula is C12H12F3N5O2. The fraction of sp³-hybridized carbons (Fsp3) is 0.250. The lowest BCUT2D eigenvalue weighted by Crippen LogP contribution is -2.36. The second-order valence-corrected chi connectivity index (χ2v) is 4.43. The highest BCUT2D eigenvalue weighted by atomic mass is 19.4. The maximum atomic E-state index is 13.0. The van der Waals surface area contributed by atoms with E-state index in [1.807, 2.05) is 0 Å².